The van der Waals surface area contributed by atoms with E-state index in [1.165, 1.54) is 5.52 Å². The summed E-state index contributed by atoms with van der Waals surface area (Å²) in [5.74, 6) is 0. The van der Waals surface area contributed by atoms with Crippen LogP contribution in [0.25, 0.3) is 11.0 Å². The van der Waals surface area contributed by atoms with Crippen LogP contribution >= 0.6 is 0 Å². The molecule has 0 saturated carbocycles. The Balaban J connectivity index is 2.00. The van der Waals surface area contributed by atoms with Gasteiger partial charge < -0.3 is 10.3 Å². The Morgan fingerprint density at radius 3 is 2.82 bits per heavy atom. The summed E-state index contributed by atoms with van der Waals surface area (Å²) >= 11 is 0. The molecule has 2 rings (SSSR count). The molecule has 0 unspecified atom stereocenters. The number of nitrogens with two attached hydrogens (primary N) is 1. The van der Waals surface area contributed by atoms with Crippen LogP contribution in [0.2, 0.25) is 0 Å². The van der Waals surface area contributed by atoms with Gasteiger partial charge >= 0.3 is 0 Å². The van der Waals surface area contributed by atoms with Gasteiger partial charge in [-0.05, 0) is 36.9 Å². The Labute approximate surface area is 103 Å². The molecule has 0 amide bonds. The Morgan fingerprint density at radius 1 is 1.29 bits per heavy atom. The highest BCUT2D eigenvalue weighted by atomic mass is 15.0. The van der Waals surface area contributed by atoms with E-state index in [1.54, 1.807) is 0 Å². The molecule has 2 aromatic rings. The van der Waals surface area contributed by atoms with Crippen molar-refractivity contribution in [1.29, 1.82) is 0 Å². The molecule has 17 heavy (non-hydrogen) atoms. The highest BCUT2D eigenvalue weighted by molar-refractivity contribution is 5.74. The highest BCUT2D eigenvalue weighted by Crippen LogP contribution is 2.21. The van der Waals surface area contributed by atoms with Crippen molar-refractivity contribution < 1.29 is 0 Å². The second-order valence-corrected chi connectivity index (χ2v) is 5.40. The minimum Gasteiger partial charge on any atom is -0.331 e. The zero-order valence-electron chi connectivity index (χ0n) is 10.7. The monoisotopic (exact) mass is 231 g/mol. The van der Waals surface area contributed by atoms with E-state index in [9.17, 15) is 0 Å². The van der Waals surface area contributed by atoms with Crippen molar-refractivity contribution in [3.8, 4) is 0 Å². The predicted octanol–water partition coefficient (Wildman–Crippen LogP) is 2.80. The minimum absolute atomic E-state index is 0.246. The first kappa shape index (κ1) is 12.1. The zero-order chi connectivity index (χ0) is 12.3. The fourth-order valence-electron chi connectivity index (χ4n) is 2.02. The number of imidazole rings is 1. The van der Waals surface area contributed by atoms with Gasteiger partial charge in [0, 0.05) is 6.54 Å². The van der Waals surface area contributed by atoms with Gasteiger partial charge in [-0.15, -0.1) is 0 Å². The number of hydrogen-bond acceptors (Lipinski definition) is 2. The molecule has 0 atom stereocenters. The third-order valence-electron chi connectivity index (χ3n) is 3.33. The van der Waals surface area contributed by atoms with E-state index in [-0.39, 0.29) is 5.41 Å². The van der Waals surface area contributed by atoms with Crippen LogP contribution in [0.5, 0.6) is 0 Å². The van der Waals surface area contributed by atoms with Crippen LogP contribution in [-0.2, 0) is 6.54 Å². The topological polar surface area (TPSA) is 43.8 Å². The molecule has 0 fully saturated rings. The molecule has 0 radical (unpaired) electrons. The number of nitrogens with zero attached hydrogens (tertiary/aromatic N) is 2. The maximum atomic E-state index is 5.74. The van der Waals surface area contributed by atoms with E-state index in [2.05, 4.69) is 41.6 Å². The van der Waals surface area contributed by atoms with Crippen LogP contribution in [-0.4, -0.2) is 16.1 Å². The van der Waals surface area contributed by atoms with E-state index >= 15 is 0 Å². The van der Waals surface area contributed by atoms with Gasteiger partial charge in [-0.2, -0.15) is 0 Å². The fraction of sp³-hybridized carbons (Fsp3) is 0.500. The Hall–Kier alpha value is -1.35. The maximum Gasteiger partial charge on any atom is 0.0958 e. The average molecular weight is 231 g/mol. The molecular weight excluding hydrogens is 210 g/mol. The molecular formula is C14H21N3. The first-order valence-electron chi connectivity index (χ1n) is 6.22. The number of aryl methyl sites for hydroxylation is 1. The van der Waals surface area contributed by atoms with E-state index in [4.69, 9.17) is 5.73 Å². The molecule has 0 aliphatic carbocycles. The van der Waals surface area contributed by atoms with Crippen LogP contribution in [0.15, 0.2) is 30.6 Å². The molecule has 0 saturated heterocycles. The van der Waals surface area contributed by atoms with Crippen LogP contribution in [0.3, 0.4) is 0 Å². The summed E-state index contributed by atoms with van der Waals surface area (Å²) in [6.07, 6.45) is 4.22. The molecule has 0 aliphatic rings. The Bertz CT molecular complexity index is 485. The maximum absolute atomic E-state index is 5.74. The largest absolute Gasteiger partial charge is 0.331 e. The predicted molar refractivity (Wildman–Crippen MR) is 71.8 cm³/mol. The van der Waals surface area contributed by atoms with Crippen LogP contribution in [0, 0.1) is 5.41 Å². The van der Waals surface area contributed by atoms with Crippen molar-refractivity contribution >= 4 is 11.0 Å². The van der Waals surface area contributed by atoms with Crippen molar-refractivity contribution in [2.75, 3.05) is 6.54 Å². The van der Waals surface area contributed by atoms with Crippen molar-refractivity contribution in [2.45, 2.75) is 33.2 Å². The Kier molecular flexibility index (Phi) is 3.48. The summed E-state index contributed by atoms with van der Waals surface area (Å²) in [5, 5.41) is 0. The molecule has 92 valence electrons. The number of hydrogen-bond donors (Lipinski definition) is 1. The lowest BCUT2D eigenvalue weighted by Crippen LogP contribution is -2.23. The van der Waals surface area contributed by atoms with Crippen LogP contribution in [0.1, 0.15) is 26.7 Å². The highest BCUT2D eigenvalue weighted by Gasteiger charge is 2.14. The second-order valence-electron chi connectivity index (χ2n) is 5.40. The van der Waals surface area contributed by atoms with Crippen molar-refractivity contribution in [3.05, 3.63) is 30.6 Å². The first-order valence-corrected chi connectivity index (χ1v) is 6.22. The summed E-state index contributed by atoms with van der Waals surface area (Å²) in [7, 11) is 0. The number of rotatable bonds is 5. The van der Waals surface area contributed by atoms with Crippen molar-refractivity contribution in [2.24, 2.45) is 11.1 Å². The van der Waals surface area contributed by atoms with Crippen molar-refractivity contribution in [3.63, 3.8) is 0 Å². The van der Waals surface area contributed by atoms with Crippen LogP contribution in [0.4, 0.5) is 0 Å². The molecule has 0 aliphatic heterocycles. The third kappa shape index (κ3) is 2.86. The minimum atomic E-state index is 0.246. The van der Waals surface area contributed by atoms with Gasteiger partial charge in [-0.25, -0.2) is 4.98 Å². The van der Waals surface area contributed by atoms with Gasteiger partial charge in [-0.1, -0.05) is 26.0 Å². The van der Waals surface area contributed by atoms with Gasteiger partial charge in [0.15, 0.2) is 0 Å². The summed E-state index contributed by atoms with van der Waals surface area (Å²) in [5.41, 5.74) is 8.28. The molecule has 0 spiro atoms. The smallest absolute Gasteiger partial charge is 0.0958 e. The average Bonchev–Trinajstić information content (AvgIpc) is 2.73. The Morgan fingerprint density at radius 2 is 2.06 bits per heavy atom. The quantitative estimate of drug-likeness (QED) is 0.860. The lowest BCUT2D eigenvalue weighted by Gasteiger charge is -2.22. The summed E-state index contributed by atoms with van der Waals surface area (Å²) in [6.45, 7) is 6.21. The van der Waals surface area contributed by atoms with E-state index in [0.717, 1.165) is 31.4 Å². The van der Waals surface area contributed by atoms with Gasteiger partial charge in [-0.3, -0.25) is 0 Å². The molecule has 1 aromatic heterocycles. The van der Waals surface area contributed by atoms with Gasteiger partial charge in [0.2, 0.25) is 0 Å². The van der Waals surface area contributed by atoms with E-state index in [1.807, 2.05) is 12.4 Å². The van der Waals surface area contributed by atoms with Gasteiger partial charge in [0.05, 0.1) is 17.4 Å². The molecule has 2 N–H and O–H groups in total. The fourth-order valence-corrected chi connectivity index (χ4v) is 2.02. The molecule has 1 heterocycles. The standard InChI is InChI=1S/C14H21N3/c1-14(2,10-15)8-5-9-17-11-16-12-6-3-4-7-13(12)17/h3-4,6-7,11H,5,8-10,15H2,1-2H3. The number of para-hydroxylation sites is 2. The molecule has 0 bridgehead atoms. The lowest BCUT2D eigenvalue weighted by molar-refractivity contribution is 0.328. The number of benzene rings is 1. The second kappa shape index (κ2) is 4.88. The summed E-state index contributed by atoms with van der Waals surface area (Å²) in [4.78, 5) is 4.39. The van der Waals surface area contributed by atoms with E-state index in [0.29, 0.717) is 0 Å². The van der Waals surface area contributed by atoms with Crippen LogP contribution < -0.4 is 5.73 Å². The number of fused-ring (bicyclic) bond motifs is 1. The number of aromatic nitrogens is 2. The van der Waals surface area contributed by atoms with Crippen molar-refractivity contribution in [1.82, 2.24) is 9.55 Å². The third-order valence-corrected chi connectivity index (χ3v) is 3.33. The normalized spacial score (nSPS) is 12.2. The first-order chi connectivity index (χ1) is 8.12. The lowest BCUT2D eigenvalue weighted by atomic mass is 9.88. The summed E-state index contributed by atoms with van der Waals surface area (Å²) in [6, 6.07) is 8.26. The van der Waals surface area contributed by atoms with Gasteiger partial charge in [0.25, 0.3) is 0 Å². The molecule has 3 nitrogen and oxygen atoms in total. The SMILES string of the molecule is CC(C)(CN)CCCn1cnc2ccccc21. The zero-order valence-corrected chi connectivity index (χ0v) is 10.7. The summed E-state index contributed by atoms with van der Waals surface area (Å²) < 4.78 is 2.22. The van der Waals surface area contributed by atoms with Gasteiger partial charge in [0.1, 0.15) is 0 Å². The molecule has 3 heteroatoms. The van der Waals surface area contributed by atoms with E-state index < -0.39 is 0 Å². The molecule has 1 aromatic carbocycles.